The smallest absolute Gasteiger partial charge is 0.191 e. The van der Waals surface area contributed by atoms with Crippen LogP contribution in [0.5, 0.6) is 0 Å². The first kappa shape index (κ1) is 19.4. The molecule has 0 spiro atoms. The van der Waals surface area contributed by atoms with E-state index in [0.29, 0.717) is 16.7 Å². The summed E-state index contributed by atoms with van der Waals surface area (Å²) < 4.78 is 1.87. The lowest BCUT2D eigenvalue weighted by Gasteiger charge is -2.15. The Bertz CT molecular complexity index is 535. The number of hydrogen-bond donors (Lipinski definition) is 2. The maximum atomic E-state index is 6.09. The summed E-state index contributed by atoms with van der Waals surface area (Å²) in [5.41, 5.74) is 0.997. The molecular weight excluding hydrogens is 345 g/mol. The van der Waals surface area contributed by atoms with Gasteiger partial charge in [-0.25, -0.2) is 4.99 Å². The fraction of sp³-hybridized carbons (Fsp3) is 0.706. The number of nitrogens with one attached hydrogen (secondary N) is 2. The van der Waals surface area contributed by atoms with E-state index in [1.807, 2.05) is 17.7 Å². The fourth-order valence-corrected chi connectivity index (χ4v) is 3.33. The molecule has 1 saturated heterocycles. The van der Waals surface area contributed by atoms with E-state index in [2.05, 4.69) is 27.4 Å². The Morgan fingerprint density at radius 2 is 1.96 bits per heavy atom. The average molecular weight is 374 g/mol. The van der Waals surface area contributed by atoms with Gasteiger partial charge in [-0.1, -0.05) is 23.2 Å². The molecule has 1 aromatic heterocycles. The molecule has 0 atom stereocenters. The molecule has 1 fully saturated rings. The average Bonchev–Trinajstić information content (AvgIpc) is 3.17. The van der Waals surface area contributed by atoms with Crippen LogP contribution in [0.1, 0.15) is 38.3 Å². The van der Waals surface area contributed by atoms with Crippen LogP contribution in [-0.2, 0) is 13.6 Å². The summed E-state index contributed by atoms with van der Waals surface area (Å²) in [5.74, 6) is 0.840. The van der Waals surface area contributed by atoms with E-state index in [0.717, 1.165) is 31.2 Å². The SMILES string of the molecule is CCNC(=NCc1cc(Cl)c(Cl)n1C)NCCCCN1CCCC1. The number of halogens is 2. The van der Waals surface area contributed by atoms with Gasteiger partial charge >= 0.3 is 0 Å². The second-order valence-corrected chi connectivity index (χ2v) is 6.98. The van der Waals surface area contributed by atoms with E-state index < -0.39 is 0 Å². The van der Waals surface area contributed by atoms with Crippen molar-refractivity contribution in [3.63, 3.8) is 0 Å². The van der Waals surface area contributed by atoms with Gasteiger partial charge in [0.2, 0.25) is 0 Å². The Morgan fingerprint density at radius 1 is 1.21 bits per heavy atom. The van der Waals surface area contributed by atoms with Crippen molar-refractivity contribution in [1.29, 1.82) is 0 Å². The Morgan fingerprint density at radius 3 is 2.58 bits per heavy atom. The highest BCUT2D eigenvalue weighted by Gasteiger charge is 2.10. The highest BCUT2D eigenvalue weighted by Crippen LogP contribution is 2.25. The first-order chi connectivity index (χ1) is 11.6. The molecule has 0 aromatic carbocycles. The highest BCUT2D eigenvalue weighted by molar-refractivity contribution is 6.41. The van der Waals surface area contributed by atoms with Gasteiger partial charge in [0, 0.05) is 25.8 Å². The molecule has 0 unspecified atom stereocenters. The number of rotatable bonds is 8. The third-order valence-electron chi connectivity index (χ3n) is 4.35. The second kappa shape index (κ2) is 10.2. The van der Waals surface area contributed by atoms with Gasteiger partial charge in [-0.3, -0.25) is 0 Å². The molecule has 2 rings (SSSR count). The van der Waals surface area contributed by atoms with Gasteiger partial charge in [0.1, 0.15) is 5.15 Å². The number of guanidine groups is 1. The van der Waals surface area contributed by atoms with Crippen LogP contribution in [0.15, 0.2) is 11.1 Å². The number of aromatic nitrogens is 1. The van der Waals surface area contributed by atoms with E-state index >= 15 is 0 Å². The van der Waals surface area contributed by atoms with Crippen LogP contribution in [0.25, 0.3) is 0 Å². The van der Waals surface area contributed by atoms with Crippen molar-refractivity contribution in [3.05, 3.63) is 21.9 Å². The molecule has 0 bridgehead atoms. The summed E-state index contributed by atoms with van der Waals surface area (Å²) in [5, 5.41) is 7.81. The molecule has 5 nitrogen and oxygen atoms in total. The van der Waals surface area contributed by atoms with E-state index in [1.54, 1.807) is 0 Å². The number of aliphatic imine (C=N–C) groups is 1. The van der Waals surface area contributed by atoms with Crippen molar-refractivity contribution < 1.29 is 0 Å². The topological polar surface area (TPSA) is 44.6 Å². The van der Waals surface area contributed by atoms with Gasteiger partial charge in [0.15, 0.2) is 5.96 Å². The van der Waals surface area contributed by atoms with Gasteiger partial charge in [-0.2, -0.15) is 0 Å². The molecule has 0 amide bonds. The summed E-state index contributed by atoms with van der Waals surface area (Å²) in [4.78, 5) is 7.18. The Balaban J connectivity index is 1.74. The van der Waals surface area contributed by atoms with Gasteiger partial charge in [0.25, 0.3) is 0 Å². The molecule has 7 heteroatoms. The largest absolute Gasteiger partial charge is 0.357 e. The molecule has 136 valence electrons. The fourth-order valence-electron chi connectivity index (χ4n) is 2.92. The van der Waals surface area contributed by atoms with Crippen LogP contribution in [0.2, 0.25) is 10.2 Å². The summed E-state index contributed by atoms with van der Waals surface area (Å²) in [6.07, 6.45) is 5.11. The Kier molecular flexibility index (Phi) is 8.22. The van der Waals surface area contributed by atoms with Crippen LogP contribution >= 0.6 is 23.2 Å². The van der Waals surface area contributed by atoms with Crippen molar-refractivity contribution in [1.82, 2.24) is 20.1 Å². The zero-order valence-electron chi connectivity index (χ0n) is 14.7. The van der Waals surface area contributed by atoms with Crippen molar-refractivity contribution in [2.45, 2.75) is 39.2 Å². The van der Waals surface area contributed by atoms with Crippen LogP contribution < -0.4 is 10.6 Å². The maximum absolute atomic E-state index is 6.09. The number of hydrogen-bond acceptors (Lipinski definition) is 2. The minimum absolute atomic E-state index is 0.548. The highest BCUT2D eigenvalue weighted by atomic mass is 35.5. The number of nitrogens with zero attached hydrogens (tertiary/aromatic N) is 3. The van der Waals surface area contributed by atoms with Crippen LogP contribution in [0.3, 0.4) is 0 Å². The number of unbranched alkanes of at least 4 members (excludes halogenated alkanes) is 1. The Hall–Kier alpha value is -0.910. The lowest BCUT2D eigenvalue weighted by Crippen LogP contribution is -2.38. The molecule has 1 aliphatic rings. The molecule has 1 aliphatic heterocycles. The van der Waals surface area contributed by atoms with Gasteiger partial charge in [0.05, 0.1) is 11.6 Å². The summed E-state index contributed by atoms with van der Waals surface area (Å²) in [7, 11) is 1.90. The number of likely N-dealkylation sites (tertiary alicyclic amines) is 1. The first-order valence-electron chi connectivity index (χ1n) is 8.86. The quantitative estimate of drug-likeness (QED) is 0.417. The van der Waals surface area contributed by atoms with Crippen LogP contribution in [0, 0.1) is 0 Å². The van der Waals surface area contributed by atoms with E-state index in [9.17, 15) is 0 Å². The molecule has 2 heterocycles. The lowest BCUT2D eigenvalue weighted by atomic mass is 10.3. The zero-order chi connectivity index (χ0) is 17.4. The first-order valence-corrected chi connectivity index (χ1v) is 9.61. The molecule has 2 N–H and O–H groups in total. The standard InChI is InChI=1S/C17H29Cl2N5/c1-3-20-17(21-8-4-5-9-24-10-6-7-11-24)22-13-14-12-15(18)16(19)23(14)2/h12H,3-11,13H2,1-2H3,(H2,20,21,22). The second-order valence-electron chi connectivity index (χ2n) is 6.21. The van der Waals surface area contributed by atoms with Crippen molar-refractivity contribution in [3.8, 4) is 0 Å². The van der Waals surface area contributed by atoms with Crippen molar-refractivity contribution in [2.24, 2.45) is 12.0 Å². The molecule has 0 aliphatic carbocycles. The van der Waals surface area contributed by atoms with Crippen molar-refractivity contribution >= 4 is 29.2 Å². The predicted molar refractivity (Wildman–Crippen MR) is 103 cm³/mol. The third-order valence-corrected chi connectivity index (χ3v) is 5.19. The molecule has 0 saturated carbocycles. The monoisotopic (exact) mass is 373 g/mol. The zero-order valence-corrected chi connectivity index (χ0v) is 16.3. The minimum atomic E-state index is 0.548. The lowest BCUT2D eigenvalue weighted by molar-refractivity contribution is 0.330. The van der Waals surface area contributed by atoms with E-state index in [-0.39, 0.29) is 0 Å². The molecule has 1 aromatic rings. The minimum Gasteiger partial charge on any atom is -0.357 e. The van der Waals surface area contributed by atoms with Crippen LogP contribution in [-0.4, -0.2) is 48.2 Å². The normalized spacial score (nSPS) is 15.9. The van der Waals surface area contributed by atoms with E-state index in [1.165, 1.54) is 38.9 Å². The van der Waals surface area contributed by atoms with Crippen LogP contribution in [0.4, 0.5) is 0 Å². The Labute approximate surface area is 155 Å². The predicted octanol–water partition coefficient (Wildman–Crippen LogP) is 3.26. The van der Waals surface area contributed by atoms with Crippen molar-refractivity contribution in [2.75, 3.05) is 32.7 Å². The summed E-state index contributed by atoms with van der Waals surface area (Å²) in [6, 6.07) is 1.87. The third kappa shape index (κ3) is 5.87. The van der Waals surface area contributed by atoms with Gasteiger partial charge in [-0.05, 0) is 58.3 Å². The summed E-state index contributed by atoms with van der Waals surface area (Å²) >= 11 is 12.1. The summed E-state index contributed by atoms with van der Waals surface area (Å²) in [6.45, 7) is 8.17. The van der Waals surface area contributed by atoms with Gasteiger partial charge < -0.3 is 20.1 Å². The molecular formula is C17H29Cl2N5. The molecule has 24 heavy (non-hydrogen) atoms. The van der Waals surface area contributed by atoms with Gasteiger partial charge in [-0.15, -0.1) is 0 Å². The molecule has 0 radical (unpaired) electrons. The van der Waals surface area contributed by atoms with E-state index in [4.69, 9.17) is 23.2 Å². The maximum Gasteiger partial charge on any atom is 0.191 e.